The van der Waals surface area contributed by atoms with Crippen LogP contribution in [-0.4, -0.2) is 35.8 Å². The van der Waals surface area contributed by atoms with Crippen molar-refractivity contribution in [3.63, 3.8) is 0 Å². The van der Waals surface area contributed by atoms with Crippen molar-refractivity contribution in [2.75, 3.05) is 20.1 Å². The highest BCUT2D eigenvalue weighted by molar-refractivity contribution is 6.30. The van der Waals surface area contributed by atoms with Gasteiger partial charge in [-0.05, 0) is 43.8 Å². The second kappa shape index (κ2) is 6.26. The lowest BCUT2D eigenvalue weighted by Gasteiger charge is -2.51. The van der Waals surface area contributed by atoms with Crippen LogP contribution >= 0.6 is 11.6 Å². The van der Waals surface area contributed by atoms with Crippen LogP contribution in [0.1, 0.15) is 35.6 Å². The van der Waals surface area contributed by atoms with Crippen LogP contribution in [0.2, 0.25) is 5.02 Å². The van der Waals surface area contributed by atoms with Crippen molar-refractivity contribution in [2.45, 2.75) is 31.5 Å². The molecule has 0 aliphatic carbocycles. The molecule has 3 aliphatic rings. The number of hydrogen-bond donors (Lipinski definition) is 1. The number of nitrogens with zero attached hydrogens (tertiary/aromatic N) is 2. The van der Waals surface area contributed by atoms with Crippen LogP contribution in [0.5, 0.6) is 5.75 Å². The highest BCUT2D eigenvalue weighted by atomic mass is 35.5. The lowest BCUT2D eigenvalue weighted by Crippen LogP contribution is -2.63. The predicted molar refractivity (Wildman–Crippen MR) is 108 cm³/mol. The number of fused-ring (bicyclic) bond motifs is 4. The van der Waals surface area contributed by atoms with Crippen LogP contribution in [0, 0.1) is 6.92 Å². The molecule has 1 N–H and O–H groups in total. The van der Waals surface area contributed by atoms with E-state index < -0.39 is 0 Å². The van der Waals surface area contributed by atoms with Crippen molar-refractivity contribution < 1.29 is 4.74 Å². The average Bonchev–Trinajstić information content (AvgIpc) is 3.12. The maximum atomic E-state index is 6.63. The van der Waals surface area contributed by atoms with Gasteiger partial charge in [0.1, 0.15) is 5.75 Å². The molecular formula is C22H24ClN3O. The Hall–Kier alpha value is -2.01. The summed E-state index contributed by atoms with van der Waals surface area (Å²) in [7, 11) is 2.17. The molecule has 0 saturated carbocycles. The molecule has 1 fully saturated rings. The van der Waals surface area contributed by atoms with E-state index in [-0.39, 0.29) is 11.8 Å². The first-order chi connectivity index (χ1) is 13.0. The lowest BCUT2D eigenvalue weighted by atomic mass is 9.93. The molecule has 5 heteroatoms. The maximum Gasteiger partial charge on any atom is 0.182 e. The summed E-state index contributed by atoms with van der Waals surface area (Å²) >= 11 is 6.31. The Kier molecular flexibility index (Phi) is 3.97. The highest BCUT2D eigenvalue weighted by Crippen LogP contribution is 2.48. The molecule has 2 aromatic rings. The van der Waals surface area contributed by atoms with Crippen molar-refractivity contribution in [2.24, 2.45) is 0 Å². The number of aryl methyl sites for hydroxylation is 1. The smallest absolute Gasteiger partial charge is 0.182 e. The molecule has 140 valence electrons. The summed E-state index contributed by atoms with van der Waals surface area (Å²) < 4.78 is 6.63. The minimum atomic E-state index is -0.332. The fourth-order valence-electron chi connectivity index (χ4n) is 4.36. The quantitative estimate of drug-likeness (QED) is 0.794. The molecule has 3 aliphatic heterocycles. The zero-order chi connectivity index (χ0) is 18.6. The Balaban J connectivity index is 1.58. The van der Waals surface area contributed by atoms with Crippen molar-refractivity contribution in [3.8, 4) is 5.75 Å². The van der Waals surface area contributed by atoms with Crippen LogP contribution in [0.4, 0.5) is 0 Å². The van der Waals surface area contributed by atoms with Crippen molar-refractivity contribution in [1.29, 1.82) is 0 Å². The number of ether oxygens (including phenoxy) is 1. The molecule has 0 radical (unpaired) electrons. The molecule has 1 saturated heterocycles. The highest BCUT2D eigenvalue weighted by Gasteiger charge is 2.51. The molecule has 1 unspecified atom stereocenters. The molecule has 3 heterocycles. The van der Waals surface area contributed by atoms with Gasteiger partial charge in [0.15, 0.2) is 5.72 Å². The van der Waals surface area contributed by atoms with Gasteiger partial charge < -0.3 is 15.1 Å². The number of likely N-dealkylation sites (tertiary alicyclic amines) is 1. The first-order valence-corrected chi connectivity index (χ1v) is 9.94. The number of benzene rings is 2. The van der Waals surface area contributed by atoms with E-state index in [1.54, 1.807) is 0 Å². The van der Waals surface area contributed by atoms with Crippen molar-refractivity contribution in [1.82, 2.24) is 15.3 Å². The maximum absolute atomic E-state index is 6.63. The first-order valence-electron chi connectivity index (χ1n) is 9.56. The summed E-state index contributed by atoms with van der Waals surface area (Å²) in [5.74, 6) is 0.952. The van der Waals surface area contributed by atoms with Gasteiger partial charge in [-0.1, -0.05) is 41.4 Å². The Morgan fingerprint density at radius 3 is 2.59 bits per heavy atom. The van der Waals surface area contributed by atoms with Crippen LogP contribution in [0.15, 0.2) is 48.5 Å². The molecule has 0 amide bonds. The fourth-order valence-corrected chi connectivity index (χ4v) is 4.54. The minimum absolute atomic E-state index is 0.118. The normalized spacial score (nSPS) is 24.0. The molecule has 0 bridgehead atoms. The van der Waals surface area contributed by atoms with Crippen molar-refractivity contribution >= 4 is 17.3 Å². The molecule has 1 atom stereocenters. The molecule has 27 heavy (non-hydrogen) atoms. The summed E-state index contributed by atoms with van der Waals surface area (Å²) in [6.45, 7) is 4.16. The second-order valence-electron chi connectivity index (χ2n) is 7.91. The Bertz CT molecular complexity index is 900. The summed E-state index contributed by atoms with van der Waals surface area (Å²) in [5.41, 5.74) is 8.06. The Morgan fingerprint density at radius 1 is 1.11 bits per heavy atom. The largest absolute Gasteiger partial charge is 0.470 e. The monoisotopic (exact) mass is 381 g/mol. The number of halogens is 1. The van der Waals surface area contributed by atoms with Gasteiger partial charge in [-0.2, -0.15) is 5.01 Å². The van der Waals surface area contributed by atoms with Gasteiger partial charge in [0.05, 0.1) is 11.7 Å². The SMILES string of the molecule is Cc1ccc(C2=CC3c4cc(Cl)ccc4OC4(CCN(C)CC4)N3N2)cc1. The summed E-state index contributed by atoms with van der Waals surface area (Å²) in [5, 5.41) is 3.06. The zero-order valence-electron chi connectivity index (χ0n) is 15.7. The third-order valence-electron chi connectivity index (χ3n) is 6.00. The van der Waals surface area contributed by atoms with Gasteiger partial charge in [0, 0.05) is 36.5 Å². The van der Waals surface area contributed by atoms with E-state index in [1.807, 2.05) is 18.2 Å². The van der Waals surface area contributed by atoms with Gasteiger partial charge >= 0.3 is 0 Å². The van der Waals surface area contributed by atoms with E-state index in [0.717, 1.165) is 48.0 Å². The first kappa shape index (κ1) is 17.1. The summed E-state index contributed by atoms with van der Waals surface area (Å²) in [4.78, 5) is 2.37. The topological polar surface area (TPSA) is 27.7 Å². The van der Waals surface area contributed by atoms with Crippen LogP contribution in [0.25, 0.3) is 5.70 Å². The van der Waals surface area contributed by atoms with Gasteiger partial charge in [0.2, 0.25) is 0 Å². The molecular weight excluding hydrogens is 358 g/mol. The molecule has 5 rings (SSSR count). The number of nitrogens with one attached hydrogen (secondary N) is 1. The van der Waals surface area contributed by atoms with Gasteiger partial charge in [0.25, 0.3) is 0 Å². The standard InChI is InChI=1S/C22H24ClN3O/c1-15-3-5-16(6-4-15)19-14-20-18-13-17(23)7-8-21(18)27-22(26(20)24-19)9-11-25(2)12-10-22/h3-8,13-14,20,24H,9-12H2,1-2H3. The lowest BCUT2D eigenvalue weighted by molar-refractivity contribution is -0.157. The predicted octanol–water partition coefficient (Wildman–Crippen LogP) is 4.37. The third-order valence-corrected chi connectivity index (χ3v) is 6.24. The molecule has 2 aromatic carbocycles. The number of piperidine rings is 1. The summed E-state index contributed by atoms with van der Waals surface area (Å²) in [6.07, 6.45) is 4.23. The number of hydrogen-bond acceptors (Lipinski definition) is 4. The van der Waals surface area contributed by atoms with E-state index in [0.29, 0.717) is 0 Å². The van der Waals surface area contributed by atoms with E-state index >= 15 is 0 Å². The van der Waals surface area contributed by atoms with Crippen LogP contribution in [-0.2, 0) is 0 Å². The van der Waals surface area contributed by atoms with Crippen LogP contribution in [0.3, 0.4) is 0 Å². The Morgan fingerprint density at radius 2 is 1.85 bits per heavy atom. The molecule has 0 aromatic heterocycles. The number of rotatable bonds is 1. The summed E-state index contributed by atoms with van der Waals surface area (Å²) in [6, 6.07) is 14.8. The van der Waals surface area contributed by atoms with E-state index in [4.69, 9.17) is 16.3 Å². The van der Waals surface area contributed by atoms with E-state index in [1.165, 1.54) is 11.1 Å². The second-order valence-corrected chi connectivity index (χ2v) is 8.34. The zero-order valence-corrected chi connectivity index (χ0v) is 16.5. The fraction of sp³-hybridized carbons (Fsp3) is 0.364. The number of hydrazine groups is 1. The Labute approximate surface area is 165 Å². The van der Waals surface area contributed by atoms with Gasteiger partial charge in [-0.3, -0.25) is 0 Å². The third kappa shape index (κ3) is 2.83. The van der Waals surface area contributed by atoms with Crippen LogP contribution < -0.4 is 10.2 Å². The minimum Gasteiger partial charge on any atom is -0.470 e. The van der Waals surface area contributed by atoms with Gasteiger partial charge in [-0.15, -0.1) is 0 Å². The van der Waals surface area contributed by atoms with Gasteiger partial charge in [-0.25, -0.2) is 0 Å². The average molecular weight is 382 g/mol. The van der Waals surface area contributed by atoms with Crippen molar-refractivity contribution in [3.05, 3.63) is 70.3 Å². The van der Waals surface area contributed by atoms with E-state index in [2.05, 4.69) is 59.6 Å². The van der Waals surface area contributed by atoms with E-state index in [9.17, 15) is 0 Å². The molecule has 1 spiro atoms. The molecule has 4 nitrogen and oxygen atoms in total.